The maximum atomic E-state index is 10.8. The number of amides is 1. The fourth-order valence-corrected chi connectivity index (χ4v) is 2.11. The summed E-state index contributed by atoms with van der Waals surface area (Å²) in [5, 5.41) is 2.99. The lowest BCUT2D eigenvalue weighted by Crippen LogP contribution is -2.48. The highest BCUT2D eigenvalue weighted by Gasteiger charge is 2.24. The zero-order valence-electron chi connectivity index (χ0n) is 8.84. The molecule has 0 radical (unpaired) electrons. The summed E-state index contributed by atoms with van der Waals surface area (Å²) >= 11 is 0. The third-order valence-corrected chi connectivity index (χ3v) is 2.83. The van der Waals surface area contributed by atoms with Gasteiger partial charge in [0.25, 0.3) is 0 Å². The Bertz CT molecular complexity index is 182. The first kappa shape index (κ1) is 10.5. The first-order valence-corrected chi connectivity index (χ1v) is 5.14. The minimum Gasteiger partial charge on any atom is -0.354 e. The van der Waals surface area contributed by atoms with Gasteiger partial charge < -0.3 is 10.2 Å². The number of likely N-dealkylation sites (tertiary alicyclic amines) is 1. The Labute approximate surface area is 80.5 Å². The van der Waals surface area contributed by atoms with E-state index >= 15 is 0 Å². The molecule has 1 heterocycles. The van der Waals surface area contributed by atoms with Gasteiger partial charge in [0.15, 0.2) is 0 Å². The van der Waals surface area contributed by atoms with E-state index in [2.05, 4.69) is 24.1 Å². The van der Waals surface area contributed by atoms with Gasteiger partial charge in [-0.1, -0.05) is 6.92 Å². The first-order valence-electron chi connectivity index (χ1n) is 5.14. The summed E-state index contributed by atoms with van der Waals surface area (Å²) in [6.45, 7) is 8.25. The average molecular weight is 184 g/mol. The Kier molecular flexibility index (Phi) is 3.72. The Morgan fingerprint density at radius 1 is 1.62 bits per heavy atom. The van der Waals surface area contributed by atoms with Crippen LogP contribution in [0.2, 0.25) is 0 Å². The van der Waals surface area contributed by atoms with Gasteiger partial charge in [0.1, 0.15) is 0 Å². The number of hydrogen-bond donors (Lipinski definition) is 1. The molecule has 2 unspecified atom stereocenters. The van der Waals surface area contributed by atoms with Gasteiger partial charge in [-0.15, -0.1) is 0 Å². The molecule has 0 spiro atoms. The van der Waals surface area contributed by atoms with E-state index in [9.17, 15) is 4.79 Å². The second-order valence-electron chi connectivity index (χ2n) is 3.90. The molecule has 13 heavy (non-hydrogen) atoms. The van der Waals surface area contributed by atoms with Gasteiger partial charge >= 0.3 is 0 Å². The van der Waals surface area contributed by atoms with E-state index < -0.39 is 0 Å². The lowest BCUT2D eigenvalue weighted by Gasteiger charge is -2.37. The van der Waals surface area contributed by atoms with Crippen LogP contribution in [-0.4, -0.2) is 36.0 Å². The third kappa shape index (κ3) is 2.99. The third-order valence-electron chi connectivity index (χ3n) is 2.83. The summed E-state index contributed by atoms with van der Waals surface area (Å²) in [4.78, 5) is 13.3. The minimum absolute atomic E-state index is 0.0992. The van der Waals surface area contributed by atoms with Crippen molar-refractivity contribution in [1.82, 2.24) is 10.2 Å². The van der Waals surface area contributed by atoms with E-state index in [4.69, 9.17) is 0 Å². The van der Waals surface area contributed by atoms with Gasteiger partial charge in [0.2, 0.25) is 5.91 Å². The number of hydrogen-bond acceptors (Lipinski definition) is 2. The van der Waals surface area contributed by atoms with Crippen molar-refractivity contribution in [2.75, 3.05) is 13.1 Å². The predicted octanol–water partition coefficient (Wildman–Crippen LogP) is 0.995. The molecule has 1 N–H and O–H groups in total. The van der Waals surface area contributed by atoms with Crippen molar-refractivity contribution in [3.05, 3.63) is 0 Å². The summed E-state index contributed by atoms with van der Waals surface area (Å²) in [5.74, 6) is 0.0992. The van der Waals surface area contributed by atoms with Crippen molar-refractivity contribution in [3.63, 3.8) is 0 Å². The molecule has 1 rings (SSSR count). The molecule has 1 saturated heterocycles. The van der Waals surface area contributed by atoms with E-state index in [0.717, 1.165) is 25.9 Å². The normalized spacial score (nSPS) is 30.1. The van der Waals surface area contributed by atoms with Crippen molar-refractivity contribution in [2.24, 2.45) is 0 Å². The Balaban J connectivity index is 2.36. The standard InChI is InChI=1S/C10H20N2O/c1-4-12-6-5-10(7-8(12)2)11-9(3)13/h8,10H,4-7H2,1-3H3,(H,11,13). The van der Waals surface area contributed by atoms with Gasteiger partial charge in [-0.3, -0.25) is 4.79 Å². The first-order chi connectivity index (χ1) is 6.13. The maximum absolute atomic E-state index is 10.8. The van der Waals surface area contributed by atoms with Crippen LogP contribution in [0.3, 0.4) is 0 Å². The maximum Gasteiger partial charge on any atom is 0.217 e. The lowest BCUT2D eigenvalue weighted by atomic mass is 9.98. The number of carbonyl (C=O) groups is 1. The molecule has 0 aromatic heterocycles. The molecule has 1 aliphatic heterocycles. The van der Waals surface area contributed by atoms with Crippen LogP contribution in [0.15, 0.2) is 0 Å². The molecule has 1 aliphatic rings. The number of nitrogens with one attached hydrogen (secondary N) is 1. The number of piperidine rings is 1. The quantitative estimate of drug-likeness (QED) is 0.694. The van der Waals surface area contributed by atoms with Crippen LogP contribution in [-0.2, 0) is 4.79 Å². The van der Waals surface area contributed by atoms with E-state index in [-0.39, 0.29) is 5.91 Å². The van der Waals surface area contributed by atoms with Crippen LogP contribution in [0.25, 0.3) is 0 Å². The van der Waals surface area contributed by atoms with Gasteiger partial charge in [-0.2, -0.15) is 0 Å². The van der Waals surface area contributed by atoms with Crippen molar-refractivity contribution in [2.45, 2.75) is 45.7 Å². The highest BCUT2D eigenvalue weighted by molar-refractivity contribution is 5.73. The summed E-state index contributed by atoms with van der Waals surface area (Å²) in [6, 6.07) is 1.01. The minimum atomic E-state index is 0.0992. The van der Waals surface area contributed by atoms with Crippen molar-refractivity contribution in [3.8, 4) is 0 Å². The van der Waals surface area contributed by atoms with E-state index in [0.29, 0.717) is 12.1 Å². The van der Waals surface area contributed by atoms with Gasteiger partial charge in [-0.05, 0) is 26.3 Å². The Hall–Kier alpha value is -0.570. The summed E-state index contributed by atoms with van der Waals surface area (Å²) < 4.78 is 0. The SMILES string of the molecule is CCN1CCC(NC(C)=O)CC1C. The molecule has 2 atom stereocenters. The lowest BCUT2D eigenvalue weighted by molar-refractivity contribution is -0.120. The van der Waals surface area contributed by atoms with Crippen molar-refractivity contribution < 1.29 is 4.79 Å². The largest absolute Gasteiger partial charge is 0.354 e. The number of carbonyl (C=O) groups excluding carboxylic acids is 1. The van der Waals surface area contributed by atoms with Gasteiger partial charge in [-0.25, -0.2) is 0 Å². The zero-order valence-corrected chi connectivity index (χ0v) is 8.84. The van der Waals surface area contributed by atoms with Crippen LogP contribution < -0.4 is 5.32 Å². The molecule has 0 aromatic rings. The smallest absolute Gasteiger partial charge is 0.217 e. The Morgan fingerprint density at radius 2 is 2.31 bits per heavy atom. The van der Waals surface area contributed by atoms with Gasteiger partial charge in [0.05, 0.1) is 0 Å². The summed E-state index contributed by atoms with van der Waals surface area (Å²) in [6.07, 6.45) is 2.19. The summed E-state index contributed by atoms with van der Waals surface area (Å²) in [5.41, 5.74) is 0. The highest BCUT2D eigenvalue weighted by Crippen LogP contribution is 2.16. The molecule has 3 heteroatoms. The molecule has 76 valence electrons. The van der Waals surface area contributed by atoms with Crippen LogP contribution in [0.5, 0.6) is 0 Å². The fourth-order valence-electron chi connectivity index (χ4n) is 2.11. The second kappa shape index (κ2) is 4.61. The monoisotopic (exact) mass is 184 g/mol. The summed E-state index contributed by atoms with van der Waals surface area (Å²) in [7, 11) is 0. The molecular formula is C10H20N2O. The molecule has 1 fully saturated rings. The van der Waals surface area contributed by atoms with Crippen LogP contribution >= 0.6 is 0 Å². The number of rotatable bonds is 2. The van der Waals surface area contributed by atoms with E-state index in [1.54, 1.807) is 6.92 Å². The number of nitrogens with zero attached hydrogens (tertiary/aromatic N) is 1. The van der Waals surface area contributed by atoms with Crippen LogP contribution in [0.4, 0.5) is 0 Å². The second-order valence-corrected chi connectivity index (χ2v) is 3.90. The molecule has 0 aromatic carbocycles. The van der Waals surface area contributed by atoms with Crippen molar-refractivity contribution in [1.29, 1.82) is 0 Å². The van der Waals surface area contributed by atoms with Crippen LogP contribution in [0, 0.1) is 0 Å². The molecule has 1 amide bonds. The fraction of sp³-hybridized carbons (Fsp3) is 0.900. The average Bonchev–Trinajstić information content (AvgIpc) is 2.03. The van der Waals surface area contributed by atoms with Crippen molar-refractivity contribution >= 4 is 5.91 Å². The van der Waals surface area contributed by atoms with Crippen LogP contribution in [0.1, 0.15) is 33.6 Å². The Morgan fingerprint density at radius 3 is 2.77 bits per heavy atom. The highest BCUT2D eigenvalue weighted by atomic mass is 16.1. The topological polar surface area (TPSA) is 32.3 Å². The van der Waals surface area contributed by atoms with E-state index in [1.165, 1.54) is 0 Å². The zero-order chi connectivity index (χ0) is 9.84. The molecule has 0 saturated carbocycles. The molecule has 0 bridgehead atoms. The van der Waals surface area contributed by atoms with Gasteiger partial charge in [0, 0.05) is 25.6 Å². The molecule has 3 nitrogen and oxygen atoms in total. The molecule has 0 aliphatic carbocycles. The molecular weight excluding hydrogens is 164 g/mol. The van der Waals surface area contributed by atoms with E-state index in [1.807, 2.05) is 0 Å². The predicted molar refractivity (Wildman–Crippen MR) is 53.5 cm³/mol.